The number of halogens is 18. The van der Waals surface area contributed by atoms with Crippen LogP contribution in [0.4, 0.5) is 79.0 Å². The van der Waals surface area contributed by atoms with Crippen molar-refractivity contribution in [1.29, 1.82) is 0 Å². The Balaban J connectivity index is -0.000000569. The monoisotopic (exact) mass is 686 g/mol. The second-order valence-electron chi connectivity index (χ2n) is 5.23. The zero-order valence-corrected chi connectivity index (χ0v) is 19.9. The van der Waals surface area contributed by atoms with Crippen LogP contribution in [-0.2, 0) is 20.2 Å². The van der Waals surface area contributed by atoms with Gasteiger partial charge in [0, 0.05) is 0 Å². The molecule has 0 aromatic rings. The third-order valence-electron chi connectivity index (χ3n) is 2.86. The van der Waals surface area contributed by atoms with E-state index in [1.165, 1.54) is 0 Å². The molecule has 0 unspecified atom stereocenters. The molecule has 0 atom stereocenters. The molecule has 0 N–H and O–H groups in total. The van der Waals surface area contributed by atoms with Crippen LogP contribution >= 0.6 is 0 Å². The van der Waals surface area contributed by atoms with Crippen molar-refractivity contribution >= 4 is 65.7 Å². The Morgan fingerprint density at radius 3 is 0.600 bits per heavy atom. The van der Waals surface area contributed by atoms with Crippen LogP contribution in [0.2, 0.25) is 0 Å². The van der Waals surface area contributed by atoms with Gasteiger partial charge in [0.05, 0.1) is 0 Å². The summed E-state index contributed by atoms with van der Waals surface area (Å²) in [5, 5.41) is -14.2. The second kappa shape index (κ2) is 10.3. The summed E-state index contributed by atoms with van der Waals surface area (Å²) in [6.45, 7) is 0. The summed E-state index contributed by atoms with van der Waals surface area (Å²) in [6, 6.07) is 0. The van der Waals surface area contributed by atoms with E-state index < -0.39 is 66.8 Å². The van der Waals surface area contributed by atoms with Crippen LogP contribution in [0.3, 0.4) is 0 Å². The van der Waals surface area contributed by atoms with Crippen LogP contribution < -0.4 is 0 Å². The molecule has 6 nitrogen and oxygen atoms in total. The smallest absolute Gasteiger partial charge is 0.743 e. The first-order chi connectivity index (χ1) is 14.0. The van der Waals surface area contributed by atoms with Gasteiger partial charge in [-0.2, -0.15) is 79.0 Å². The summed E-state index contributed by atoms with van der Waals surface area (Å²) >= 11 is 0. The van der Waals surface area contributed by atoms with Crippen molar-refractivity contribution in [3.05, 3.63) is 0 Å². The minimum Gasteiger partial charge on any atom is -0.743 e. The van der Waals surface area contributed by atoms with Gasteiger partial charge in [0.2, 0.25) is 0 Å². The average molecular weight is 686 g/mol. The first-order valence-corrected chi connectivity index (χ1v) is 9.13. The van der Waals surface area contributed by atoms with Crippen molar-refractivity contribution in [2.75, 3.05) is 0 Å². The molecule has 0 aliphatic rings. The van der Waals surface area contributed by atoms with Crippen molar-refractivity contribution in [2.45, 2.75) is 46.6 Å². The maximum absolute atomic E-state index is 12.2. The van der Waals surface area contributed by atoms with E-state index in [9.17, 15) is 105 Å². The summed E-state index contributed by atoms with van der Waals surface area (Å²) in [5.41, 5.74) is 0. The minimum atomic E-state index is -7.43. The Morgan fingerprint density at radius 1 is 0.371 bits per heavy atom. The number of alkyl halides is 18. The molecule has 0 heterocycles. The van der Waals surface area contributed by atoms with Crippen LogP contribution in [0.1, 0.15) is 0 Å². The molecule has 0 aliphatic heterocycles. The van der Waals surface area contributed by atoms with Gasteiger partial charge < -0.3 is 9.11 Å². The van der Waals surface area contributed by atoms with Crippen LogP contribution in [0.25, 0.3) is 0 Å². The first-order valence-electron chi connectivity index (χ1n) is 6.31. The molecule has 0 aromatic heterocycles. The molecule has 0 aromatic carbocycles. The number of hydrogen-bond donors (Lipinski definition) is 0. The minimum absolute atomic E-state index is 0. The SMILES string of the molecule is O=S(=O)([O-])C(F)(F)C(F)(F)C(F)(F)C(F)(F)F.O=S(=O)([O-])C(F)(F)C(F)(F)C(F)(F)C(F)(F)F.[Sr+2]. The third kappa shape index (κ3) is 6.73. The maximum Gasteiger partial charge on any atom is 2.00 e. The zero-order valence-electron chi connectivity index (χ0n) is 14.8. The Hall–Kier alpha value is 0.0405. The van der Waals surface area contributed by atoms with Crippen molar-refractivity contribution in [1.82, 2.24) is 0 Å². The molecular weight excluding hydrogens is 686 g/mol. The van der Waals surface area contributed by atoms with E-state index in [0.29, 0.717) is 0 Å². The summed E-state index contributed by atoms with van der Waals surface area (Å²) in [7, 11) is -14.8. The van der Waals surface area contributed by atoms with Gasteiger partial charge in [-0.1, -0.05) is 0 Å². The third-order valence-corrected chi connectivity index (χ3v) is 4.63. The van der Waals surface area contributed by atoms with E-state index in [1.54, 1.807) is 0 Å². The molecule has 0 saturated carbocycles. The first kappa shape index (κ1) is 39.6. The maximum atomic E-state index is 12.2. The van der Waals surface area contributed by atoms with Crippen LogP contribution in [0.5, 0.6) is 0 Å². The zero-order chi connectivity index (χ0) is 29.0. The van der Waals surface area contributed by atoms with Gasteiger partial charge in [0.1, 0.15) is 0 Å². The predicted molar refractivity (Wildman–Crippen MR) is 66.9 cm³/mol. The van der Waals surface area contributed by atoms with Gasteiger partial charge in [-0.3, -0.25) is 0 Å². The number of hydrogen-bond acceptors (Lipinski definition) is 6. The fraction of sp³-hybridized carbons (Fsp3) is 1.00. The van der Waals surface area contributed by atoms with E-state index in [-0.39, 0.29) is 45.5 Å². The van der Waals surface area contributed by atoms with E-state index >= 15 is 0 Å². The van der Waals surface area contributed by atoms with Gasteiger partial charge in [-0.15, -0.1) is 0 Å². The molecule has 35 heavy (non-hydrogen) atoms. The summed E-state index contributed by atoms with van der Waals surface area (Å²) in [6.07, 6.45) is -14.3. The average Bonchev–Trinajstić information content (AvgIpc) is 2.50. The Morgan fingerprint density at radius 2 is 0.514 bits per heavy atom. The number of rotatable bonds is 6. The Bertz CT molecular complexity index is 870. The predicted octanol–water partition coefficient (Wildman–Crippen LogP) is 3.53. The molecule has 0 bridgehead atoms. The molecule has 27 heteroatoms. The quantitative estimate of drug-likeness (QED) is 0.240. The molecule has 0 spiro atoms. The normalized spacial score (nSPS) is 15.7. The van der Waals surface area contributed by atoms with Crippen LogP contribution in [0.15, 0.2) is 0 Å². The van der Waals surface area contributed by atoms with Gasteiger partial charge in [-0.05, 0) is 0 Å². The van der Waals surface area contributed by atoms with Crippen molar-refractivity contribution in [3.8, 4) is 0 Å². The van der Waals surface area contributed by atoms with E-state index in [1.807, 2.05) is 0 Å². The molecule has 0 radical (unpaired) electrons. The van der Waals surface area contributed by atoms with Crippen LogP contribution in [-0.4, -0.2) is 118 Å². The van der Waals surface area contributed by atoms with Crippen molar-refractivity contribution in [2.24, 2.45) is 0 Å². The molecule has 0 rings (SSSR count). The molecule has 208 valence electrons. The molecule has 0 aliphatic carbocycles. The van der Waals surface area contributed by atoms with E-state index in [2.05, 4.69) is 0 Å². The van der Waals surface area contributed by atoms with Gasteiger partial charge in [-0.25, -0.2) is 16.8 Å². The molecule has 0 fully saturated rings. The Kier molecular flexibility index (Phi) is 11.6. The van der Waals surface area contributed by atoms with Gasteiger partial charge in [0.25, 0.3) is 0 Å². The summed E-state index contributed by atoms with van der Waals surface area (Å²) in [4.78, 5) is 0. The van der Waals surface area contributed by atoms with Gasteiger partial charge in [0.15, 0.2) is 20.2 Å². The van der Waals surface area contributed by atoms with E-state index in [4.69, 9.17) is 0 Å². The summed E-state index contributed by atoms with van der Waals surface area (Å²) < 4.78 is 271. The second-order valence-corrected chi connectivity index (χ2v) is 8.08. The molecule has 0 saturated heterocycles. The molecular formula is C8F18O6S2Sr. The van der Waals surface area contributed by atoms with Crippen LogP contribution in [0, 0.1) is 0 Å². The van der Waals surface area contributed by atoms with Crippen molar-refractivity contribution in [3.63, 3.8) is 0 Å². The topological polar surface area (TPSA) is 114 Å². The summed E-state index contributed by atoms with van der Waals surface area (Å²) in [5.74, 6) is -29.6. The Labute approximate surface area is 216 Å². The standard InChI is InChI=1S/2C4HF9O3S.Sr/c2*5-1(6,3(9,10)11)2(7,8)4(12,13)17(14,15)16;/h2*(H,14,15,16);/q;;+2/p-2. The molecule has 0 amide bonds. The largest absolute Gasteiger partial charge is 2.00 e. The van der Waals surface area contributed by atoms with E-state index in [0.717, 1.165) is 0 Å². The fourth-order valence-corrected chi connectivity index (χ4v) is 1.92. The van der Waals surface area contributed by atoms with Gasteiger partial charge >= 0.3 is 92.0 Å². The van der Waals surface area contributed by atoms with Crippen molar-refractivity contribution < 1.29 is 105 Å². The fourth-order valence-electron chi connectivity index (χ4n) is 1.04.